The lowest BCUT2D eigenvalue weighted by atomic mass is 10.1. The Morgan fingerprint density at radius 2 is 2.15 bits per heavy atom. The van der Waals surface area contributed by atoms with Crippen LogP contribution < -0.4 is 11.1 Å². The van der Waals surface area contributed by atoms with Gasteiger partial charge in [0.2, 0.25) is 0 Å². The summed E-state index contributed by atoms with van der Waals surface area (Å²) in [6.07, 6.45) is -4.57. The van der Waals surface area contributed by atoms with Gasteiger partial charge in [-0.25, -0.2) is 4.40 Å². The van der Waals surface area contributed by atoms with Gasteiger partial charge >= 0.3 is 6.18 Å². The molecule has 6 nitrogen and oxygen atoms in total. The quantitative estimate of drug-likeness (QED) is 0.260. The predicted octanol–water partition coefficient (Wildman–Crippen LogP) is 2.77. The third kappa shape index (κ3) is 3.90. The van der Waals surface area contributed by atoms with Crippen molar-refractivity contribution in [2.45, 2.75) is 6.18 Å². The maximum atomic E-state index is 12.2. The van der Waals surface area contributed by atoms with Crippen LogP contribution in [0.25, 0.3) is 0 Å². The third-order valence-corrected chi connectivity index (χ3v) is 2.69. The Morgan fingerprint density at radius 3 is 2.60 bits per heavy atom. The smallest absolute Gasteiger partial charge is 0.383 e. The number of nitro benzene ring substituents is 1. The lowest BCUT2D eigenvalue weighted by molar-refractivity contribution is -0.384. The topological polar surface area (TPSA) is 93.5 Å². The van der Waals surface area contributed by atoms with Gasteiger partial charge in [0.05, 0.1) is 15.5 Å². The summed E-state index contributed by atoms with van der Waals surface area (Å²) in [7, 11) is 0. The molecule has 0 aromatic heterocycles. The summed E-state index contributed by atoms with van der Waals surface area (Å²) < 4.78 is 40.0. The van der Waals surface area contributed by atoms with E-state index in [1.54, 1.807) is 0 Å². The number of nitrogens with zero attached hydrogens (tertiary/aromatic N) is 2. The van der Waals surface area contributed by atoms with Gasteiger partial charge in [0, 0.05) is 6.07 Å². The molecule has 0 aliphatic carbocycles. The average Bonchev–Trinajstić information content (AvgIpc) is 2.34. The molecule has 11 heteroatoms. The Bertz CT molecular complexity index is 565. The van der Waals surface area contributed by atoms with Crippen molar-refractivity contribution in [2.24, 2.45) is 10.1 Å². The maximum Gasteiger partial charge on any atom is 0.405 e. The molecule has 0 saturated carbocycles. The van der Waals surface area contributed by atoms with Crippen LogP contribution in [0.5, 0.6) is 0 Å². The first-order valence-electron chi connectivity index (χ1n) is 4.92. The fraction of sp³-hybridized carbons (Fsp3) is 0.222. The third-order valence-electron chi connectivity index (χ3n) is 2.16. The molecule has 110 valence electrons. The molecule has 3 N–H and O–H groups in total. The van der Waals surface area contributed by atoms with E-state index in [2.05, 4.69) is 17.2 Å². The number of amidine groups is 1. The molecule has 0 amide bonds. The van der Waals surface area contributed by atoms with E-state index in [4.69, 9.17) is 17.3 Å². The summed E-state index contributed by atoms with van der Waals surface area (Å²) in [6, 6.07) is 2.11. The number of nitro groups is 1. The lowest BCUT2D eigenvalue weighted by Gasteiger charge is -2.14. The molecule has 0 unspecified atom stereocenters. The number of hydrogen-bond donors (Lipinski definition) is 3. The number of hydrogen-bond acceptors (Lipinski definition) is 5. The summed E-state index contributed by atoms with van der Waals surface area (Å²) >= 11 is 9.31. The molecule has 0 aliphatic heterocycles. The zero-order valence-corrected chi connectivity index (χ0v) is 11.3. The Morgan fingerprint density at radius 1 is 1.55 bits per heavy atom. The molecule has 0 radical (unpaired) electrons. The molecule has 1 aromatic carbocycles. The number of rotatable bonds is 4. The molecule has 20 heavy (non-hydrogen) atoms. The van der Waals surface area contributed by atoms with Gasteiger partial charge in [-0.05, 0) is 18.9 Å². The molecule has 0 saturated heterocycles. The normalized spacial score (nSPS) is 12.3. The minimum atomic E-state index is -4.57. The Balaban J connectivity index is 3.41. The molecule has 0 spiro atoms. The van der Waals surface area contributed by atoms with Gasteiger partial charge in [0.25, 0.3) is 5.69 Å². The van der Waals surface area contributed by atoms with Crippen molar-refractivity contribution < 1.29 is 18.1 Å². The van der Waals surface area contributed by atoms with Gasteiger partial charge in [-0.1, -0.05) is 11.6 Å². The molecule has 0 heterocycles. The van der Waals surface area contributed by atoms with Crippen molar-refractivity contribution >= 4 is 41.6 Å². The molecule has 0 atom stereocenters. The van der Waals surface area contributed by atoms with Crippen LogP contribution in [0.2, 0.25) is 5.02 Å². The van der Waals surface area contributed by atoms with E-state index in [9.17, 15) is 23.3 Å². The van der Waals surface area contributed by atoms with Gasteiger partial charge in [-0.2, -0.15) is 13.2 Å². The fourth-order valence-electron chi connectivity index (χ4n) is 1.39. The highest BCUT2D eigenvalue weighted by Gasteiger charge is 2.30. The highest BCUT2D eigenvalue weighted by Crippen LogP contribution is 2.34. The van der Waals surface area contributed by atoms with Crippen LogP contribution in [-0.4, -0.2) is 23.5 Å². The summed E-state index contributed by atoms with van der Waals surface area (Å²) in [5.41, 5.74) is 4.18. The zero-order chi connectivity index (χ0) is 15.5. The number of nitrogens with one attached hydrogen (secondary N) is 1. The minimum absolute atomic E-state index is 0.0874. The predicted molar refractivity (Wildman–Crippen MR) is 72.4 cm³/mol. The first-order valence-corrected chi connectivity index (χ1v) is 5.70. The standard InChI is InChI=1S/C9H8ClF3N4O2S/c10-4-1-2-5(17(18)19)7(6(4)8(14)16-20)15-3-9(11,12)13/h1-2,15,20H,3H2,(H2,14,16). The molecule has 0 bridgehead atoms. The van der Waals surface area contributed by atoms with Gasteiger partial charge < -0.3 is 11.1 Å². The van der Waals surface area contributed by atoms with Crippen LogP contribution in [0.4, 0.5) is 24.5 Å². The Labute approximate surface area is 121 Å². The van der Waals surface area contributed by atoms with Gasteiger partial charge in [0.1, 0.15) is 18.1 Å². The number of benzene rings is 1. The second kappa shape index (κ2) is 6.18. The van der Waals surface area contributed by atoms with Crippen molar-refractivity contribution in [3.63, 3.8) is 0 Å². The average molecular weight is 329 g/mol. The highest BCUT2D eigenvalue weighted by molar-refractivity contribution is 7.79. The molecule has 0 fully saturated rings. The number of thiol groups is 1. The monoisotopic (exact) mass is 328 g/mol. The Kier molecular flexibility index (Phi) is 5.06. The van der Waals surface area contributed by atoms with Crippen LogP contribution in [-0.2, 0) is 0 Å². The van der Waals surface area contributed by atoms with Crippen molar-refractivity contribution in [3.05, 3.63) is 32.8 Å². The number of halogens is 4. The van der Waals surface area contributed by atoms with Crippen LogP contribution in [0.15, 0.2) is 16.5 Å². The number of alkyl halides is 3. The molecular formula is C9H8ClF3N4O2S. The van der Waals surface area contributed by atoms with E-state index in [0.717, 1.165) is 12.1 Å². The summed E-state index contributed by atoms with van der Waals surface area (Å²) in [4.78, 5) is 10.0. The molecule has 1 rings (SSSR count). The number of anilines is 1. The van der Waals surface area contributed by atoms with E-state index in [1.807, 2.05) is 5.32 Å². The van der Waals surface area contributed by atoms with Gasteiger partial charge in [0.15, 0.2) is 0 Å². The SMILES string of the molecule is N/C(=N\S)c1c(Cl)ccc([N+](=O)[O-])c1NCC(F)(F)F. The van der Waals surface area contributed by atoms with Crippen LogP contribution >= 0.6 is 24.4 Å². The lowest BCUT2D eigenvalue weighted by Crippen LogP contribution is -2.24. The minimum Gasteiger partial charge on any atom is -0.383 e. The summed E-state index contributed by atoms with van der Waals surface area (Å²) in [6.45, 7) is -1.49. The van der Waals surface area contributed by atoms with Crippen LogP contribution in [0, 0.1) is 10.1 Å². The first-order chi connectivity index (χ1) is 9.17. The maximum absolute atomic E-state index is 12.2. The van der Waals surface area contributed by atoms with E-state index >= 15 is 0 Å². The summed E-state index contributed by atoms with van der Waals surface area (Å²) in [5, 5.41) is 12.7. The Hall–Kier alpha value is -1.68. The van der Waals surface area contributed by atoms with E-state index in [0.29, 0.717) is 0 Å². The van der Waals surface area contributed by atoms with Crippen LogP contribution in [0.1, 0.15) is 5.56 Å². The van der Waals surface area contributed by atoms with Crippen molar-refractivity contribution in [3.8, 4) is 0 Å². The van der Waals surface area contributed by atoms with Crippen LogP contribution in [0.3, 0.4) is 0 Å². The number of nitrogens with two attached hydrogens (primary N) is 1. The molecular weight excluding hydrogens is 321 g/mol. The summed E-state index contributed by atoms with van der Waals surface area (Å²) in [5.74, 6) is -0.341. The second-order valence-electron chi connectivity index (χ2n) is 3.53. The van der Waals surface area contributed by atoms with E-state index in [-0.39, 0.29) is 16.4 Å². The highest BCUT2D eigenvalue weighted by atomic mass is 35.5. The molecule has 1 aromatic rings. The van der Waals surface area contributed by atoms with Gasteiger partial charge in [-0.3, -0.25) is 10.1 Å². The second-order valence-corrected chi connectivity index (χ2v) is 4.13. The largest absolute Gasteiger partial charge is 0.405 e. The van der Waals surface area contributed by atoms with Crippen molar-refractivity contribution in [1.82, 2.24) is 0 Å². The first kappa shape index (κ1) is 16.4. The van der Waals surface area contributed by atoms with E-state index < -0.39 is 29.0 Å². The fourth-order valence-corrected chi connectivity index (χ4v) is 1.74. The van der Waals surface area contributed by atoms with Gasteiger partial charge in [-0.15, -0.1) is 0 Å². The van der Waals surface area contributed by atoms with Crippen molar-refractivity contribution in [2.75, 3.05) is 11.9 Å². The molecule has 0 aliphatic rings. The van der Waals surface area contributed by atoms with E-state index in [1.165, 1.54) is 0 Å². The van der Waals surface area contributed by atoms with Crippen molar-refractivity contribution in [1.29, 1.82) is 0 Å². The zero-order valence-electron chi connectivity index (χ0n) is 9.61.